The highest BCUT2D eigenvalue weighted by Gasteiger charge is 2.12. The highest BCUT2D eigenvalue weighted by molar-refractivity contribution is 5.95. The van der Waals surface area contributed by atoms with Gasteiger partial charge in [0.25, 0.3) is 5.91 Å². The standard InChI is InChI=1S/C21H25N3O5/c1-3-15(2)22-21(27)24-19(25)13-29-20(26)14-28-18-11-9-17(10-12-18)23-16-7-5-4-6-8-16/h4-12,15,23H,3,13-14H2,1-2H3,(H2,22,24,25,27)/t15-/m0/s1. The van der Waals surface area contributed by atoms with Crippen molar-refractivity contribution in [2.75, 3.05) is 18.5 Å². The Hall–Kier alpha value is -3.55. The Kier molecular flexibility index (Phi) is 8.50. The van der Waals surface area contributed by atoms with Gasteiger partial charge in [0, 0.05) is 17.4 Å². The quantitative estimate of drug-likeness (QED) is 0.560. The Bertz CT molecular complexity index is 809. The van der Waals surface area contributed by atoms with E-state index in [-0.39, 0.29) is 12.6 Å². The first-order valence-corrected chi connectivity index (χ1v) is 9.27. The minimum atomic E-state index is -0.714. The van der Waals surface area contributed by atoms with Gasteiger partial charge in [0.15, 0.2) is 13.2 Å². The van der Waals surface area contributed by atoms with Crippen molar-refractivity contribution in [2.45, 2.75) is 26.3 Å². The Morgan fingerprint density at radius 3 is 2.24 bits per heavy atom. The Morgan fingerprint density at radius 2 is 1.59 bits per heavy atom. The molecule has 0 fully saturated rings. The van der Waals surface area contributed by atoms with Crippen LogP contribution in [0.3, 0.4) is 0 Å². The molecule has 8 heteroatoms. The first kappa shape index (κ1) is 21.7. The zero-order chi connectivity index (χ0) is 21.1. The van der Waals surface area contributed by atoms with E-state index < -0.39 is 24.5 Å². The summed E-state index contributed by atoms with van der Waals surface area (Å²) >= 11 is 0. The van der Waals surface area contributed by atoms with E-state index in [1.54, 1.807) is 12.1 Å². The van der Waals surface area contributed by atoms with Gasteiger partial charge >= 0.3 is 12.0 Å². The molecule has 0 heterocycles. The summed E-state index contributed by atoms with van der Waals surface area (Å²) in [5, 5.41) is 7.90. The first-order chi connectivity index (χ1) is 14.0. The molecule has 0 spiro atoms. The number of anilines is 2. The van der Waals surface area contributed by atoms with Crippen LogP contribution in [0.5, 0.6) is 5.75 Å². The summed E-state index contributed by atoms with van der Waals surface area (Å²) in [6, 6.07) is 16.1. The van der Waals surface area contributed by atoms with Crippen LogP contribution in [0, 0.1) is 0 Å². The smallest absolute Gasteiger partial charge is 0.344 e. The fraction of sp³-hybridized carbons (Fsp3) is 0.286. The van der Waals surface area contributed by atoms with Crippen LogP contribution in [-0.2, 0) is 14.3 Å². The molecule has 0 aliphatic heterocycles. The number of urea groups is 1. The number of amides is 3. The molecule has 0 aliphatic rings. The molecular weight excluding hydrogens is 374 g/mol. The Morgan fingerprint density at radius 1 is 0.931 bits per heavy atom. The van der Waals surface area contributed by atoms with Crippen LogP contribution >= 0.6 is 0 Å². The molecule has 0 saturated carbocycles. The lowest BCUT2D eigenvalue weighted by atomic mass is 10.2. The topological polar surface area (TPSA) is 106 Å². The van der Waals surface area contributed by atoms with Gasteiger partial charge in [0.2, 0.25) is 0 Å². The van der Waals surface area contributed by atoms with Crippen molar-refractivity contribution in [3.05, 3.63) is 54.6 Å². The zero-order valence-electron chi connectivity index (χ0n) is 16.4. The summed E-state index contributed by atoms with van der Waals surface area (Å²) < 4.78 is 10.1. The van der Waals surface area contributed by atoms with Crippen molar-refractivity contribution in [1.82, 2.24) is 10.6 Å². The van der Waals surface area contributed by atoms with Gasteiger partial charge in [-0.3, -0.25) is 10.1 Å². The van der Waals surface area contributed by atoms with E-state index in [9.17, 15) is 14.4 Å². The van der Waals surface area contributed by atoms with Gasteiger partial charge < -0.3 is 20.1 Å². The maximum absolute atomic E-state index is 11.7. The Balaban J connectivity index is 1.68. The third-order valence-electron chi connectivity index (χ3n) is 3.88. The molecule has 2 rings (SSSR count). The molecule has 8 nitrogen and oxygen atoms in total. The third kappa shape index (κ3) is 8.34. The number of nitrogens with one attached hydrogen (secondary N) is 3. The molecule has 0 saturated heterocycles. The van der Waals surface area contributed by atoms with Crippen LogP contribution in [0.15, 0.2) is 54.6 Å². The second-order valence-corrected chi connectivity index (χ2v) is 6.30. The lowest BCUT2D eigenvalue weighted by Crippen LogP contribution is -2.44. The molecule has 2 aromatic carbocycles. The number of para-hydroxylation sites is 1. The maximum atomic E-state index is 11.7. The van der Waals surface area contributed by atoms with E-state index in [0.29, 0.717) is 5.75 Å². The average molecular weight is 399 g/mol. The molecule has 0 radical (unpaired) electrons. The minimum Gasteiger partial charge on any atom is -0.482 e. The summed E-state index contributed by atoms with van der Waals surface area (Å²) in [6.07, 6.45) is 0.733. The minimum absolute atomic E-state index is 0.0620. The van der Waals surface area contributed by atoms with Gasteiger partial charge in [-0.2, -0.15) is 0 Å². The van der Waals surface area contributed by atoms with E-state index in [1.807, 2.05) is 56.3 Å². The normalized spacial score (nSPS) is 11.1. The molecule has 0 aromatic heterocycles. The van der Waals surface area contributed by atoms with Gasteiger partial charge in [-0.05, 0) is 49.7 Å². The van der Waals surface area contributed by atoms with Crippen molar-refractivity contribution in [1.29, 1.82) is 0 Å². The number of benzene rings is 2. The lowest BCUT2D eigenvalue weighted by molar-refractivity contribution is -0.150. The number of hydrogen-bond acceptors (Lipinski definition) is 6. The van der Waals surface area contributed by atoms with E-state index in [0.717, 1.165) is 17.8 Å². The van der Waals surface area contributed by atoms with Crippen molar-refractivity contribution in [2.24, 2.45) is 0 Å². The average Bonchev–Trinajstić information content (AvgIpc) is 2.72. The SMILES string of the molecule is CC[C@H](C)NC(=O)NC(=O)COC(=O)COc1ccc(Nc2ccccc2)cc1. The third-order valence-corrected chi connectivity index (χ3v) is 3.88. The van der Waals surface area contributed by atoms with Crippen LogP contribution in [0.1, 0.15) is 20.3 Å². The van der Waals surface area contributed by atoms with Gasteiger partial charge in [0.05, 0.1) is 0 Å². The summed E-state index contributed by atoms with van der Waals surface area (Å²) in [7, 11) is 0. The molecule has 154 valence electrons. The molecule has 29 heavy (non-hydrogen) atoms. The second-order valence-electron chi connectivity index (χ2n) is 6.30. The van der Waals surface area contributed by atoms with Gasteiger partial charge in [-0.25, -0.2) is 9.59 Å². The van der Waals surface area contributed by atoms with Gasteiger partial charge in [-0.1, -0.05) is 25.1 Å². The largest absolute Gasteiger partial charge is 0.482 e. The fourth-order valence-corrected chi connectivity index (χ4v) is 2.18. The van der Waals surface area contributed by atoms with Crippen LogP contribution < -0.4 is 20.7 Å². The van der Waals surface area contributed by atoms with Crippen LogP contribution in [0.4, 0.5) is 16.2 Å². The number of hydrogen-bond donors (Lipinski definition) is 3. The van der Waals surface area contributed by atoms with Crippen LogP contribution in [0.2, 0.25) is 0 Å². The number of rotatable bonds is 9. The van der Waals surface area contributed by atoms with E-state index >= 15 is 0 Å². The summed E-state index contributed by atoms with van der Waals surface area (Å²) in [5.41, 5.74) is 1.83. The molecular formula is C21H25N3O5. The Labute approximate surface area is 169 Å². The van der Waals surface area contributed by atoms with E-state index in [2.05, 4.69) is 16.0 Å². The highest BCUT2D eigenvalue weighted by Crippen LogP contribution is 2.19. The van der Waals surface area contributed by atoms with Gasteiger partial charge in [-0.15, -0.1) is 0 Å². The number of ether oxygens (including phenoxy) is 2. The van der Waals surface area contributed by atoms with Crippen molar-refractivity contribution in [3.8, 4) is 5.75 Å². The maximum Gasteiger partial charge on any atom is 0.344 e. The number of esters is 1. The molecule has 0 unspecified atom stereocenters. The van der Waals surface area contributed by atoms with Crippen molar-refractivity contribution >= 4 is 29.3 Å². The molecule has 3 amide bonds. The lowest BCUT2D eigenvalue weighted by Gasteiger charge is -2.12. The molecule has 0 aliphatic carbocycles. The first-order valence-electron chi connectivity index (χ1n) is 9.27. The van der Waals surface area contributed by atoms with E-state index in [1.165, 1.54) is 0 Å². The molecule has 1 atom stereocenters. The summed E-state index contributed by atoms with van der Waals surface area (Å²) in [6.45, 7) is 2.81. The summed E-state index contributed by atoms with van der Waals surface area (Å²) in [4.78, 5) is 34.8. The molecule has 3 N–H and O–H groups in total. The molecule has 2 aromatic rings. The monoisotopic (exact) mass is 399 g/mol. The summed E-state index contributed by atoms with van der Waals surface area (Å²) in [5.74, 6) is -0.942. The second kappa shape index (κ2) is 11.3. The van der Waals surface area contributed by atoms with E-state index in [4.69, 9.17) is 9.47 Å². The van der Waals surface area contributed by atoms with Gasteiger partial charge in [0.1, 0.15) is 5.75 Å². The van der Waals surface area contributed by atoms with Crippen LogP contribution in [0.25, 0.3) is 0 Å². The number of carbonyl (C=O) groups is 3. The molecule has 0 bridgehead atoms. The zero-order valence-corrected chi connectivity index (χ0v) is 16.4. The van der Waals surface area contributed by atoms with Crippen molar-refractivity contribution < 1.29 is 23.9 Å². The fourth-order valence-electron chi connectivity index (χ4n) is 2.18. The number of imide groups is 1. The predicted molar refractivity (Wildman–Crippen MR) is 109 cm³/mol. The predicted octanol–water partition coefficient (Wildman–Crippen LogP) is 2.98. The van der Waals surface area contributed by atoms with Crippen LogP contribution in [-0.4, -0.2) is 37.2 Å². The number of carbonyl (C=O) groups excluding carboxylic acids is 3. The van der Waals surface area contributed by atoms with Crippen molar-refractivity contribution in [3.63, 3.8) is 0 Å². The highest BCUT2D eigenvalue weighted by atomic mass is 16.6.